The van der Waals surface area contributed by atoms with Crippen molar-refractivity contribution in [1.29, 1.82) is 0 Å². The second-order valence-corrected chi connectivity index (χ2v) is 6.99. The summed E-state index contributed by atoms with van der Waals surface area (Å²) in [6.07, 6.45) is 5.60. The second kappa shape index (κ2) is 8.72. The average Bonchev–Trinajstić information content (AvgIpc) is 2.54. The molecule has 5 heteroatoms. The molecule has 2 aliphatic rings. The molecule has 0 radical (unpaired) electrons. The standard InChI is InChI=1S/C19H28N2O2.ClH/c1-2-23-17-8-6-13(7-9-17)12-21-19(22)16-10-14-4-3-5-15(11-16)18(14)20;/h6-9,14-16,18H,2-5,10-12,20H2,1H3,(H,21,22);1H. The van der Waals surface area contributed by atoms with Crippen LogP contribution >= 0.6 is 12.4 Å². The van der Waals surface area contributed by atoms with Crippen molar-refractivity contribution >= 4 is 18.3 Å². The highest BCUT2D eigenvalue weighted by atomic mass is 35.5. The van der Waals surface area contributed by atoms with Crippen LogP contribution < -0.4 is 15.8 Å². The van der Waals surface area contributed by atoms with Crippen LogP contribution in [-0.4, -0.2) is 18.6 Å². The number of nitrogens with one attached hydrogen (secondary N) is 1. The van der Waals surface area contributed by atoms with Crippen LogP contribution in [0.5, 0.6) is 5.75 Å². The van der Waals surface area contributed by atoms with Gasteiger partial charge in [0.05, 0.1) is 6.61 Å². The van der Waals surface area contributed by atoms with Crippen molar-refractivity contribution in [2.75, 3.05) is 6.61 Å². The Morgan fingerprint density at radius 1 is 1.21 bits per heavy atom. The van der Waals surface area contributed by atoms with E-state index in [1.807, 2.05) is 31.2 Å². The first-order valence-corrected chi connectivity index (χ1v) is 8.92. The van der Waals surface area contributed by atoms with Crippen LogP contribution in [0.2, 0.25) is 0 Å². The minimum absolute atomic E-state index is 0. The molecular weight excluding hydrogens is 324 g/mol. The average molecular weight is 353 g/mol. The number of amides is 1. The summed E-state index contributed by atoms with van der Waals surface area (Å²) in [5, 5.41) is 3.10. The van der Waals surface area contributed by atoms with Gasteiger partial charge in [-0.2, -0.15) is 0 Å². The Kier molecular flexibility index (Phi) is 6.93. The van der Waals surface area contributed by atoms with Gasteiger partial charge >= 0.3 is 0 Å². The van der Waals surface area contributed by atoms with Gasteiger partial charge in [0.2, 0.25) is 5.91 Å². The predicted molar refractivity (Wildman–Crippen MR) is 98.2 cm³/mol. The molecule has 2 fully saturated rings. The molecule has 0 heterocycles. The van der Waals surface area contributed by atoms with E-state index in [0.717, 1.165) is 24.2 Å². The van der Waals surface area contributed by atoms with Crippen LogP contribution in [-0.2, 0) is 11.3 Å². The minimum atomic E-state index is 0. The number of carbonyl (C=O) groups excluding carboxylic acids is 1. The van der Waals surface area contributed by atoms with Crippen LogP contribution in [0.3, 0.4) is 0 Å². The first kappa shape index (κ1) is 19.1. The Labute approximate surface area is 150 Å². The van der Waals surface area contributed by atoms with E-state index in [2.05, 4.69) is 5.32 Å². The van der Waals surface area contributed by atoms with Crippen molar-refractivity contribution in [2.24, 2.45) is 23.5 Å². The van der Waals surface area contributed by atoms with Crippen molar-refractivity contribution in [2.45, 2.75) is 51.6 Å². The zero-order valence-corrected chi connectivity index (χ0v) is 15.2. The van der Waals surface area contributed by atoms with Crippen LogP contribution in [0, 0.1) is 17.8 Å². The second-order valence-electron chi connectivity index (χ2n) is 6.99. The summed E-state index contributed by atoms with van der Waals surface area (Å²) in [6.45, 7) is 3.23. The van der Waals surface area contributed by atoms with Crippen molar-refractivity contribution < 1.29 is 9.53 Å². The molecule has 1 aromatic carbocycles. The van der Waals surface area contributed by atoms with E-state index >= 15 is 0 Å². The van der Waals surface area contributed by atoms with E-state index in [9.17, 15) is 4.79 Å². The Bertz CT molecular complexity index is 521. The molecule has 2 aliphatic carbocycles. The Balaban J connectivity index is 0.00000208. The van der Waals surface area contributed by atoms with E-state index in [0.29, 0.717) is 31.0 Å². The zero-order chi connectivity index (χ0) is 16.2. The lowest BCUT2D eigenvalue weighted by Crippen LogP contribution is -2.49. The first-order chi connectivity index (χ1) is 11.2. The number of hydrogen-bond acceptors (Lipinski definition) is 3. The van der Waals surface area contributed by atoms with E-state index in [1.165, 1.54) is 19.3 Å². The number of carbonyl (C=O) groups is 1. The molecular formula is C19H29ClN2O2. The van der Waals surface area contributed by atoms with Crippen LogP contribution in [0.25, 0.3) is 0 Å². The molecule has 2 unspecified atom stereocenters. The molecule has 4 nitrogen and oxygen atoms in total. The van der Waals surface area contributed by atoms with E-state index in [1.54, 1.807) is 0 Å². The summed E-state index contributed by atoms with van der Waals surface area (Å²) in [6, 6.07) is 8.25. The van der Waals surface area contributed by atoms with Gasteiger partial charge in [-0.25, -0.2) is 0 Å². The molecule has 0 aliphatic heterocycles. The summed E-state index contributed by atoms with van der Waals surface area (Å²) < 4.78 is 5.43. The van der Waals surface area contributed by atoms with Crippen molar-refractivity contribution in [3.63, 3.8) is 0 Å². The number of hydrogen-bond donors (Lipinski definition) is 2. The van der Waals surface area contributed by atoms with Gasteiger partial charge in [-0.05, 0) is 62.1 Å². The molecule has 2 atom stereocenters. The molecule has 3 N–H and O–H groups in total. The third-order valence-electron chi connectivity index (χ3n) is 5.48. The number of rotatable bonds is 5. The predicted octanol–water partition coefficient (Wildman–Crippen LogP) is 3.28. The summed E-state index contributed by atoms with van der Waals surface area (Å²) in [7, 11) is 0. The highest BCUT2D eigenvalue weighted by molar-refractivity contribution is 5.85. The molecule has 24 heavy (non-hydrogen) atoms. The number of halogens is 1. The summed E-state index contributed by atoms with van der Waals surface area (Å²) in [5.74, 6) is 2.31. The maximum Gasteiger partial charge on any atom is 0.223 e. The SMILES string of the molecule is CCOc1ccc(CNC(=O)C2CC3CCCC(C2)C3N)cc1.Cl. The number of fused-ring (bicyclic) bond motifs is 2. The van der Waals surface area contributed by atoms with Gasteiger partial charge in [-0.15, -0.1) is 12.4 Å². The molecule has 1 amide bonds. The van der Waals surface area contributed by atoms with Gasteiger partial charge in [0.15, 0.2) is 0 Å². The topological polar surface area (TPSA) is 64.3 Å². The summed E-state index contributed by atoms with van der Waals surface area (Å²) in [5.41, 5.74) is 7.41. The van der Waals surface area contributed by atoms with Gasteiger partial charge in [0.1, 0.15) is 5.75 Å². The molecule has 2 saturated carbocycles. The van der Waals surface area contributed by atoms with Crippen LogP contribution in [0.1, 0.15) is 44.6 Å². The highest BCUT2D eigenvalue weighted by Crippen LogP contribution is 2.41. The van der Waals surface area contributed by atoms with Gasteiger partial charge in [-0.3, -0.25) is 4.79 Å². The highest BCUT2D eigenvalue weighted by Gasteiger charge is 2.40. The minimum Gasteiger partial charge on any atom is -0.494 e. The van der Waals surface area contributed by atoms with Crippen LogP contribution in [0.15, 0.2) is 24.3 Å². The lowest BCUT2D eigenvalue weighted by Gasteiger charge is -2.43. The fourth-order valence-electron chi connectivity index (χ4n) is 4.21. The third kappa shape index (κ3) is 4.42. The quantitative estimate of drug-likeness (QED) is 0.854. The maximum atomic E-state index is 12.5. The zero-order valence-electron chi connectivity index (χ0n) is 14.4. The Hall–Kier alpha value is -1.26. The normalized spacial score (nSPS) is 28.6. The number of benzene rings is 1. The van der Waals surface area contributed by atoms with Gasteiger partial charge in [0, 0.05) is 18.5 Å². The van der Waals surface area contributed by atoms with Crippen molar-refractivity contribution in [1.82, 2.24) is 5.32 Å². The number of nitrogens with two attached hydrogens (primary N) is 1. The van der Waals surface area contributed by atoms with Crippen molar-refractivity contribution in [3.8, 4) is 5.75 Å². The fraction of sp³-hybridized carbons (Fsp3) is 0.632. The van der Waals surface area contributed by atoms with Crippen LogP contribution in [0.4, 0.5) is 0 Å². The fourth-order valence-corrected chi connectivity index (χ4v) is 4.21. The molecule has 2 bridgehead atoms. The molecule has 1 aromatic rings. The van der Waals surface area contributed by atoms with E-state index < -0.39 is 0 Å². The third-order valence-corrected chi connectivity index (χ3v) is 5.48. The van der Waals surface area contributed by atoms with Gasteiger partial charge < -0.3 is 15.8 Å². The summed E-state index contributed by atoms with van der Waals surface area (Å²) in [4.78, 5) is 12.5. The van der Waals surface area contributed by atoms with Crippen molar-refractivity contribution in [3.05, 3.63) is 29.8 Å². The van der Waals surface area contributed by atoms with E-state index in [4.69, 9.17) is 10.5 Å². The maximum absolute atomic E-state index is 12.5. The lowest BCUT2D eigenvalue weighted by molar-refractivity contribution is -0.128. The monoisotopic (exact) mass is 352 g/mol. The largest absolute Gasteiger partial charge is 0.494 e. The lowest BCUT2D eigenvalue weighted by atomic mass is 9.65. The first-order valence-electron chi connectivity index (χ1n) is 8.92. The number of ether oxygens (including phenoxy) is 1. The molecule has 134 valence electrons. The molecule has 0 aromatic heterocycles. The van der Waals surface area contributed by atoms with E-state index in [-0.39, 0.29) is 24.2 Å². The summed E-state index contributed by atoms with van der Waals surface area (Å²) >= 11 is 0. The smallest absolute Gasteiger partial charge is 0.223 e. The van der Waals surface area contributed by atoms with Gasteiger partial charge in [-0.1, -0.05) is 18.6 Å². The molecule has 0 spiro atoms. The van der Waals surface area contributed by atoms with Gasteiger partial charge in [0.25, 0.3) is 0 Å². The molecule has 3 rings (SSSR count). The Morgan fingerprint density at radius 2 is 1.83 bits per heavy atom. The molecule has 0 saturated heterocycles. The Morgan fingerprint density at radius 3 is 2.42 bits per heavy atom.